The maximum absolute atomic E-state index is 10.1. The average molecular weight is 93.9 g/mol. The molecule has 0 unspecified atom stereocenters. The second kappa shape index (κ2) is 1.29. The lowest BCUT2D eigenvalue weighted by atomic mass is 10.1. The van der Waals surface area contributed by atoms with Crippen LogP contribution in [0.5, 0.6) is 0 Å². The summed E-state index contributed by atoms with van der Waals surface area (Å²) in [7, 11) is 5.09. The molecule has 1 heterocycles. The molecule has 1 aromatic heterocycles. The number of hydrogen-bond acceptors (Lipinski definition) is 1. The Labute approximate surface area is 41.1 Å². The van der Waals surface area contributed by atoms with Crippen molar-refractivity contribution in [2.45, 2.75) is 0 Å². The Hall–Kier alpha value is -0.925. The Morgan fingerprint density at radius 3 is 2.43 bits per heavy atom. The molecule has 0 aliphatic heterocycles. The van der Waals surface area contributed by atoms with E-state index < -0.39 is 0 Å². The molecular formula is C3H3BN2O. The number of aromatic amines is 2. The van der Waals surface area contributed by atoms with Gasteiger partial charge in [-0.15, -0.1) is 0 Å². The molecule has 1 rings (SSSR count). The van der Waals surface area contributed by atoms with Gasteiger partial charge < -0.3 is 5.10 Å². The summed E-state index contributed by atoms with van der Waals surface area (Å²) in [5.41, 5.74) is 0.169. The molecule has 0 saturated heterocycles. The van der Waals surface area contributed by atoms with Gasteiger partial charge in [-0.25, -0.2) is 0 Å². The molecule has 34 valence electrons. The van der Waals surface area contributed by atoms with Gasteiger partial charge in [0.15, 0.2) is 0 Å². The van der Waals surface area contributed by atoms with Crippen molar-refractivity contribution in [3.63, 3.8) is 0 Å². The zero-order chi connectivity index (χ0) is 5.28. The van der Waals surface area contributed by atoms with Crippen LogP contribution in [-0.4, -0.2) is 18.0 Å². The van der Waals surface area contributed by atoms with E-state index >= 15 is 0 Å². The third-order valence-electron chi connectivity index (χ3n) is 0.617. The number of nitrogens with one attached hydrogen (secondary N) is 2. The monoisotopic (exact) mass is 94.0 g/mol. The predicted molar refractivity (Wildman–Crippen MR) is 26.8 cm³/mol. The van der Waals surface area contributed by atoms with Gasteiger partial charge in [-0.3, -0.25) is 9.89 Å². The van der Waals surface area contributed by atoms with Gasteiger partial charge in [0, 0.05) is 6.07 Å². The molecule has 1 aromatic rings. The van der Waals surface area contributed by atoms with E-state index in [2.05, 4.69) is 10.2 Å². The quantitative estimate of drug-likeness (QED) is 0.377. The molecule has 0 bridgehead atoms. The fraction of sp³-hybridized carbons (Fsp3) is 0. The first-order valence-electron chi connectivity index (χ1n) is 1.82. The van der Waals surface area contributed by atoms with Crippen molar-refractivity contribution in [3.05, 3.63) is 16.4 Å². The number of hydrogen-bond donors (Lipinski definition) is 2. The lowest BCUT2D eigenvalue weighted by molar-refractivity contribution is 1.07. The molecule has 2 radical (unpaired) electrons. The summed E-state index contributed by atoms with van der Waals surface area (Å²) in [6.07, 6.45) is 0. The Bertz CT molecular complexity index is 201. The Balaban J connectivity index is 3.30. The highest BCUT2D eigenvalue weighted by atomic mass is 16.1. The maximum Gasteiger partial charge on any atom is 0.263 e. The van der Waals surface area contributed by atoms with Crippen LogP contribution in [0.1, 0.15) is 0 Å². The van der Waals surface area contributed by atoms with Crippen LogP contribution in [0.3, 0.4) is 0 Å². The van der Waals surface area contributed by atoms with Gasteiger partial charge >= 0.3 is 0 Å². The van der Waals surface area contributed by atoms with Crippen molar-refractivity contribution in [2.75, 3.05) is 0 Å². The van der Waals surface area contributed by atoms with Crippen molar-refractivity contribution in [3.8, 4) is 0 Å². The first-order valence-corrected chi connectivity index (χ1v) is 1.82. The number of rotatable bonds is 0. The Morgan fingerprint density at radius 1 is 1.57 bits per heavy atom. The molecule has 0 atom stereocenters. The maximum atomic E-state index is 10.1. The first kappa shape index (κ1) is 4.24. The molecule has 3 nitrogen and oxygen atoms in total. The Kier molecular flexibility index (Phi) is 0.783. The third-order valence-corrected chi connectivity index (χ3v) is 0.617. The van der Waals surface area contributed by atoms with E-state index in [1.54, 1.807) is 0 Å². The van der Waals surface area contributed by atoms with Crippen LogP contribution in [0.15, 0.2) is 10.9 Å². The second-order valence-electron chi connectivity index (χ2n) is 1.21. The van der Waals surface area contributed by atoms with Gasteiger partial charge in [0.2, 0.25) is 0 Å². The van der Waals surface area contributed by atoms with Crippen LogP contribution < -0.4 is 11.2 Å². The molecule has 0 spiro atoms. The van der Waals surface area contributed by atoms with E-state index in [1.165, 1.54) is 6.07 Å². The van der Waals surface area contributed by atoms with Crippen LogP contribution in [0.25, 0.3) is 0 Å². The fourth-order valence-corrected chi connectivity index (χ4v) is 0.347. The molecule has 0 fully saturated rings. The average Bonchev–Trinajstić information content (AvgIpc) is 1.87. The first-order chi connectivity index (χ1) is 3.29. The van der Waals surface area contributed by atoms with Crippen LogP contribution in [0, 0.1) is 0 Å². The van der Waals surface area contributed by atoms with E-state index in [1.807, 2.05) is 0 Å². The molecule has 0 saturated carbocycles. The third kappa shape index (κ3) is 0.736. The van der Waals surface area contributed by atoms with Crippen molar-refractivity contribution in [1.29, 1.82) is 0 Å². The lowest BCUT2D eigenvalue weighted by Crippen LogP contribution is -2.01. The minimum Gasteiger partial charge on any atom is -0.313 e. The smallest absolute Gasteiger partial charge is 0.263 e. The van der Waals surface area contributed by atoms with Gasteiger partial charge in [0.05, 0.1) is 0 Å². The normalized spacial score (nSPS) is 9.14. The summed E-state index contributed by atoms with van der Waals surface area (Å²) in [5, 5.41) is 4.67. The summed E-state index contributed by atoms with van der Waals surface area (Å²) in [6.45, 7) is 0. The molecule has 0 amide bonds. The van der Waals surface area contributed by atoms with E-state index in [-0.39, 0.29) is 5.56 Å². The molecule has 7 heavy (non-hydrogen) atoms. The van der Waals surface area contributed by atoms with Crippen molar-refractivity contribution < 1.29 is 0 Å². The van der Waals surface area contributed by atoms with Crippen LogP contribution in [0.2, 0.25) is 0 Å². The zero-order valence-corrected chi connectivity index (χ0v) is 3.56. The molecule has 4 heteroatoms. The summed E-state index contributed by atoms with van der Waals surface area (Å²) in [5.74, 6) is 0. The van der Waals surface area contributed by atoms with Crippen molar-refractivity contribution >= 4 is 13.4 Å². The lowest BCUT2D eigenvalue weighted by Gasteiger charge is -1.69. The van der Waals surface area contributed by atoms with Crippen LogP contribution in [-0.2, 0) is 0 Å². The number of H-pyrrole nitrogens is 2. The highest BCUT2D eigenvalue weighted by molar-refractivity contribution is 6.30. The van der Waals surface area contributed by atoms with Gasteiger partial charge in [-0.1, -0.05) is 0 Å². The summed E-state index contributed by atoms with van der Waals surface area (Å²) in [4.78, 5) is 10.1. The van der Waals surface area contributed by atoms with Crippen LogP contribution >= 0.6 is 0 Å². The van der Waals surface area contributed by atoms with Crippen LogP contribution in [0.4, 0.5) is 0 Å². The highest BCUT2D eigenvalue weighted by Crippen LogP contribution is 1.49. The summed E-state index contributed by atoms with van der Waals surface area (Å²) in [6, 6.07) is 1.28. The SMILES string of the molecule is [B]c1cc(=O)[nH][nH]1. The molecule has 2 N–H and O–H groups in total. The van der Waals surface area contributed by atoms with E-state index in [0.717, 1.165) is 0 Å². The topological polar surface area (TPSA) is 48.6 Å². The van der Waals surface area contributed by atoms with Crippen molar-refractivity contribution in [2.24, 2.45) is 0 Å². The molecule has 0 aliphatic rings. The predicted octanol–water partition coefficient (Wildman–Crippen LogP) is -1.50. The van der Waals surface area contributed by atoms with E-state index in [9.17, 15) is 4.79 Å². The standard InChI is InChI=1S/C3H3BN2O/c4-2-1-3(7)6-5-2/h1H,(H2,5,6,7). The minimum atomic E-state index is -0.197. The van der Waals surface area contributed by atoms with Crippen molar-refractivity contribution in [1.82, 2.24) is 10.2 Å². The minimum absolute atomic E-state index is 0.197. The zero-order valence-electron chi connectivity index (χ0n) is 3.56. The largest absolute Gasteiger partial charge is 0.313 e. The van der Waals surface area contributed by atoms with Gasteiger partial charge in [0.1, 0.15) is 7.85 Å². The van der Waals surface area contributed by atoms with Gasteiger partial charge in [-0.05, 0) is 5.59 Å². The highest BCUT2D eigenvalue weighted by Gasteiger charge is 1.81. The molecule has 0 aromatic carbocycles. The van der Waals surface area contributed by atoms with E-state index in [0.29, 0.717) is 5.59 Å². The van der Waals surface area contributed by atoms with Gasteiger partial charge in [0.25, 0.3) is 5.56 Å². The van der Waals surface area contributed by atoms with Gasteiger partial charge in [-0.2, -0.15) is 0 Å². The summed E-state index contributed by atoms with van der Waals surface area (Å²) < 4.78 is 0. The Morgan fingerprint density at radius 2 is 2.29 bits per heavy atom. The second-order valence-corrected chi connectivity index (χ2v) is 1.21. The fourth-order valence-electron chi connectivity index (χ4n) is 0.347. The number of aromatic nitrogens is 2. The molecular weight excluding hydrogens is 90.9 g/mol. The molecule has 0 aliphatic carbocycles. The van der Waals surface area contributed by atoms with E-state index in [4.69, 9.17) is 7.85 Å². The summed E-state index contributed by atoms with van der Waals surface area (Å²) >= 11 is 0.